The first kappa shape index (κ1) is 18.2. The molecule has 4 rings (SSSR count). The SMILES string of the molecule is CCNc1nc([C@H]2c3cnc(N)nc3CN2C(=O)OCc2ccccc2)cs1. The van der Waals surface area contributed by atoms with Crippen LogP contribution < -0.4 is 11.1 Å². The number of amides is 1. The predicted octanol–water partition coefficient (Wildman–Crippen LogP) is 3.19. The molecule has 0 fully saturated rings. The number of hydrogen-bond donors (Lipinski definition) is 2. The average molecular weight is 396 g/mol. The summed E-state index contributed by atoms with van der Waals surface area (Å²) in [5, 5.41) is 5.94. The van der Waals surface area contributed by atoms with Gasteiger partial charge in [0.1, 0.15) is 12.6 Å². The molecule has 0 bridgehead atoms. The molecule has 144 valence electrons. The zero-order valence-electron chi connectivity index (χ0n) is 15.3. The maximum Gasteiger partial charge on any atom is 0.411 e. The standard InChI is InChI=1S/C19H20N6O2S/c1-2-21-18-24-15(11-28-18)16-13-8-22-17(20)23-14(13)9-25(16)19(26)27-10-12-6-4-3-5-7-12/h3-8,11,16H,2,9-10H2,1H3,(H,21,24)(H2,20,22,23)/t16-/m1/s1. The number of nitrogens with two attached hydrogens (primary N) is 1. The molecule has 1 aliphatic heterocycles. The van der Waals surface area contributed by atoms with Gasteiger partial charge in [-0.2, -0.15) is 0 Å². The van der Waals surface area contributed by atoms with Crippen LogP contribution in [-0.4, -0.2) is 32.5 Å². The van der Waals surface area contributed by atoms with Gasteiger partial charge in [-0.15, -0.1) is 11.3 Å². The number of carbonyl (C=O) groups is 1. The van der Waals surface area contributed by atoms with E-state index in [1.54, 1.807) is 11.1 Å². The Labute approximate surface area is 166 Å². The highest BCUT2D eigenvalue weighted by Gasteiger charge is 2.38. The van der Waals surface area contributed by atoms with Gasteiger partial charge in [-0.3, -0.25) is 4.90 Å². The van der Waals surface area contributed by atoms with E-state index in [0.29, 0.717) is 12.2 Å². The van der Waals surface area contributed by atoms with Gasteiger partial charge in [0.05, 0.1) is 17.9 Å². The number of benzene rings is 1. The van der Waals surface area contributed by atoms with Crippen LogP contribution in [0.5, 0.6) is 0 Å². The van der Waals surface area contributed by atoms with E-state index >= 15 is 0 Å². The first-order valence-corrected chi connectivity index (χ1v) is 9.81. The molecule has 1 atom stereocenters. The van der Waals surface area contributed by atoms with Crippen molar-refractivity contribution in [2.75, 3.05) is 17.6 Å². The molecule has 8 nitrogen and oxygen atoms in total. The summed E-state index contributed by atoms with van der Waals surface area (Å²) in [6.45, 7) is 3.29. The monoisotopic (exact) mass is 396 g/mol. The van der Waals surface area contributed by atoms with Crippen LogP contribution in [0.25, 0.3) is 0 Å². The number of ether oxygens (including phenoxy) is 1. The average Bonchev–Trinajstić information content (AvgIpc) is 3.31. The maximum atomic E-state index is 12.9. The van der Waals surface area contributed by atoms with Crippen molar-refractivity contribution >= 4 is 28.5 Å². The van der Waals surface area contributed by atoms with Gasteiger partial charge >= 0.3 is 6.09 Å². The van der Waals surface area contributed by atoms with E-state index < -0.39 is 12.1 Å². The van der Waals surface area contributed by atoms with Crippen LogP contribution in [0.3, 0.4) is 0 Å². The lowest BCUT2D eigenvalue weighted by molar-refractivity contribution is 0.0880. The Morgan fingerprint density at radius 3 is 2.96 bits per heavy atom. The van der Waals surface area contributed by atoms with Crippen molar-refractivity contribution in [3.05, 3.63) is 64.4 Å². The molecule has 0 spiro atoms. The molecular formula is C19H20N6O2S. The van der Waals surface area contributed by atoms with Gasteiger partial charge in [0.2, 0.25) is 5.95 Å². The van der Waals surface area contributed by atoms with E-state index in [1.807, 2.05) is 42.6 Å². The summed E-state index contributed by atoms with van der Waals surface area (Å²) in [6.07, 6.45) is 1.24. The first-order chi connectivity index (χ1) is 13.7. The molecular weight excluding hydrogens is 376 g/mol. The molecule has 1 amide bonds. The van der Waals surface area contributed by atoms with Crippen molar-refractivity contribution in [1.29, 1.82) is 0 Å². The molecule has 28 heavy (non-hydrogen) atoms. The minimum atomic E-state index is -0.427. The fraction of sp³-hybridized carbons (Fsp3) is 0.263. The van der Waals surface area contributed by atoms with Crippen LogP contribution in [0.4, 0.5) is 15.9 Å². The Morgan fingerprint density at radius 2 is 2.18 bits per heavy atom. The number of hydrogen-bond acceptors (Lipinski definition) is 8. The Hall–Kier alpha value is -3.20. The van der Waals surface area contributed by atoms with Crippen molar-refractivity contribution < 1.29 is 9.53 Å². The summed E-state index contributed by atoms with van der Waals surface area (Å²) in [5.41, 5.74) is 8.95. The summed E-state index contributed by atoms with van der Waals surface area (Å²) in [4.78, 5) is 27.5. The van der Waals surface area contributed by atoms with Gasteiger partial charge in [0.15, 0.2) is 5.13 Å². The summed E-state index contributed by atoms with van der Waals surface area (Å²) in [6, 6.07) is 9.17. The van der Waals surface area contributed by atoms with Crippen LogP contribution in [-0.2, 0) is 17.9 Å². The van der Waals surface area contributed by atoms with Crippen LogP contribution in [0.2, 0.25) is 0 Å². The van der Waals surface area contributed by atoms with Gasteiger partial charge in [-0.25, -0.2) is 19.7 Å². The summed E-state index contributed by atoms with van der Waals surface area (Å²) < 4.78 is 5.55. The second-order valence-corrected chi connectivity index (χ2v) is 7.17. The van der Waals surface area contributed by atoms with Crippen LogP contribution in [0.1, 0.15) is 35.5 Å². The van der Waals surface area contributed by atoms with E-state index in [4.69, 9.17) is 10.5 Å². The molecule has 3 N–H and O–H groups in total. The molecule has 1 aromatic carbocycles. The second-order valence-electron chi connectivity index (χ2n) is 6.31. The van der Waals surface area contributed by atoms with Crippen molar-refractivity contribution in [2.24, 2.45) is 0 Å². The minimum absolute atomic E-state index is 0.184. The molecule has 1 aliphatic rings. The molecule has 9 heteroatoms. The van der Waals surface area contributed by atoms with Crippen LogP contribution >= 0.6 is 11.3 Å². The Balaban J connectivity index is 1.60. The molecule has 3 aromatic rings. The zero-order chi connectivity index (χ0) is 19.5. The highest BCUT2D eigenvalue weighted by Crippen LogP contribution is 2.39. The Bertz CT molecular complexity index is 978. The summed E-state index contributed by atoms with van der Waals surface area (Å²) in [5.74, 6) is 0.184. The number of fused-ring (bicyclic) bond motifs is 1. The van der Waals surface area contributed by atoms with Crippen molar-refractivity contribution in [3.63, 3.8) is 0 Å². The molecule has 0 saturated carbocycles. The first-order valence-electron chi connectivity index (χ1n) is 8.93. The number of nitrogens with one attached hydrogen (secondary N) is 1. The fourth-order valence-electron chi connectivity index (χ4n) is 3.15. The number of thiazole rings is 1. The van der Waals surface area contributed by atoms with E-state index in [1.165, 1.54) is 11.3 Å². The number of anilines is 2. The number of rotatable bonds is 5. The Morgan fingerprint density at radius 1 is 1.36 bits per heavy atom. The molecule has 2 aromatic heterocycles. The quantitative estimate of drug-likeness (QED) is 0.682. The van der Waals surface area contributed by atoms with Crippen molar-refractivity contribution in [3.8, 4) is 0 Å². The van der Waals surface area contributed by atoms with Crippen LogP contribution in [0, 0.1) is 0 Å². The fourth-order valence-corrected chi connectivity index (χ4v) is 3.95. The van der Waals surface area contributed by atoms with E-state index in [9.17, 15) is 4.79 Å². The predicted molar refractivity (Wildman–Crippen MR) is 107 cm³/mol. The van der Waals surface area contributed by atoms with Gasteiger partial charge in [-0.05, 0) is 12.5 Å². The van der Waals surface area contributed by atoms with Crippen molar-refractivity contribution in [2.45, 2.75) is 26.1 Å². The normalized spacial score (nSPS) is 15.3. The number of aromatic nitrogens is 3. The van der Waals surface area contributed by atoms with E-state index in [-0.39, 0.29) is 12.6 Å². The largest absolute Gasteiger partial charge is 0.445 e. The zero-order valence-corrected chi connectivity index (χ0v) is 16.1. The lowest BCUT2D eigenvalue weighted by atomic mass is 10.1. The molecule has 0 aliphatic carbocycles. The number of nitrogen functional groups attached to an aromatic ring is 1. The van der Waals surface area contributed by atoms with Gasteiger partial charge < -0.3 is 15.8 Å². The molecule has 0 saturated heterocycles. The summed E-state index contributed by atoms with van der Waals surface area (Å²) >= 11 is 1.50. The lowest BCUT2D eigenvalue weighted by Gasteiger charge is -2.23. The highest BCUT2D eigenvalue weighted by molar-refractivity contribution is 7.13. The van der Waals surface area contributed by atoms with E-state index in [0.717, 1.165) is 28.5 Å². The molecule has 3 heterocycles. The molecule has 0 unspecified atom stereocenters. The van der Waals surface area contributed by atoms with Gasteiger partial charge in [-0.1, -0.05) is 30.3 Å². The Kier molecular flexibility index (Phi) is 5.07. The minimum Gasteiger partial charge on any atom is -0.445 e. The second kappa shape index (κ2) is 7.81. The smallest absolute Gasteiger partial charge is 0.411 e. The van der Waals surface area contributed by atoms with E-state index in [2.05, 4.69) is 20.3 Å². The third-order valence-electron chi connectivity index (χ3n) is 4.41. The van der Waals surface area contributed by atoms with Gasteiger partial charge in [0.25, 0.3) is 0 Å². The lowest BCUT2D eigenvalue weighted by Crippen LogP contribution is -2.31. The summed E-state index contributed by atoms with van der Waals surface area (Å²) in [7, 11) is 0. The van der Waals surface area contributed by atoms with Crippen molar-refractivity contribution in [1.82, 2.24) is 19.9 Å². The highest BCUT2D eigenvalue weighted by atomic mass is 32.1. The third kappa shape index (κ3) is 3.61. The number of carbonyl (C=O) groups excluding carboxylic acids is 1. The van der Waals surface area contributed by atoms with Gasteiger partial charge in [0, 0.05) is 23.7 Å². The molecule has 0 radical (unpaired) electrons. The number of nitrogens with zero attached hydrogens (tertiary/aromatic N) is 4. The maximum absolute atomic E-state index is 12.9. The third-order valence-corrected chi connectivity index (χ3v) is 5.23. The topological polar surface area (TPSA) is 106 Å². The van der Waals surface area contributed by atoms with Crippen LogP contribution in [0.15, 0.2) is 41.9 Å².